The van der Waals surface area contributed by atoms with Gasteiger partial charge in [-0.25, -0.2) is 0 Å². The smallest absolute Gasteiger partial charge is 0.313 e. The predicted molar refractivity (Wildman–Crippen MR) is 109 cm³/mol. The zero-order valence-corrected chi connectivity index (χ0v) is 16.0. The molecule has 2 aliphatic heterocycles. The summed E-state index contributed by atoms with van der Waals surface area (Å²) in [6.07, 6.45) is 3.64. The number of phenolic OH excluding ortho intramolecular Hbond substituents is 1. The van der Waals surface area contributed by atoms with E-state index >= 15 is 0 Å². The number of hydrogen-bond acceptors (Lipinski definition) is 4. The molecule has 0 bridgehead atoms. The van der Waals surface area contributed by atoms with Gasteiger partial charge in [-0.3, -0.25) is 14.4 Å². The average Bonchev–Trinajstić information content (AvgIpc) is 3.09. The molecule has 2 aromatic rings. The maximum atomic E-state index is 12.9. The predicted octanol–water partition coefficient (Wildman–Crippen LogP) is 2.45. The van der Waals surface area contributed by atoms with Crippen LogP contribution in [0.15, 0.2) is 42.5 Å². The molecule has 0 saturated carbocycles. The molecule has 1 saturated heterocycles. The number of benzene rings is 2. The molecule has 0 radical (unpaired) electrons. The summed E-state index contributed by atoms with van der Waals surface area (Å²) in [4.78, 5) is 38.6. The minimum Gasteiger partial charge on any atom is -0.508 e. The minimum atomic E-state index is -0.667. The second kappa shape index (κ2) is 7.95. The van der Waals surface area contributed by atoms with Crippen LogP contribution in [-0.2, 0) is 27.2 Å². The molecule has 0 aromatic heterocycles. The van der Waals surface area contributed by atoms with Gasteiger partial charge >= 0.3 is 11.8 Å². The first-order valence-electron chi connectivity index (χ1n) is 9.82. The van der Waals surface area contributed by atoms with Gasteiger partial charge in [0.1, 0.15) is 5.75 Å². The largest absolute Gasteiger partial charge is 0.508 e. The third-order valence-corrected chi connectivity index (χ3v) is 5.48. The van der Waals surface area contributed by atoms with Gasteiger partial charge in [0, 0.05) is 24.0 Å². The Balaban J connectivity index is 1.43. The minimum absolute atomic E-state index is 0.0478. The lowest BCUT2D eigenvalue weighted by Crippen LogP contribution is -2.49. The SMILES string of the molecule is O=C1Cc2cc(NC(=O)C(=O)N3CCCCC3Cc3ccc(O)cc3)ccc2N1. The third kappa shape index (κ3) is 4.23. The Kier molecular flexibility index (Phi) is 5.20. The lowest BCUT2D eigenvalue weighted by molar-refractivity contribution is -0.145. The van der Waals surface area contributed by atoms with E-state index in [4.69, 9.17) is 0 Å². The summed E-state index contributed by atoms with van der Waals surface area (Å²) in [5.41, 5.74) is 3.07. The van der Waals surface area contributed by atoms with E-state index in [2.05, 4.69) is 10.6 Å². The van der Waals surface area contributed by atoms with Crippen molar-refractivity contribution in [3.8, 4) is 5.75 Å². The molecule has 1 atom stereocenters. The van der Waals surface area contributed by atoms with Crippen LogP contribution in [0.4, 0.5) is 11.4 Å². The zero-order valence-electron chi connectivity index (χ0n) is 16.0. The van der Waals surface area contributed by atoms with E-state index < -0.39 is 11.8 Å². The van der Waals surface area contributed by atoms with Crippen LogP contribution in [0, 0.1) is 0 Å². The Labute approximate surface area is 168 Å². The van der Waals surface area contributed by atoms with Crippen LogP contribution < -0.4 is 10.6 Å². The van der Waals surface area contributed by atoms with Gasteiger partial charge in [0.2, 0.25) is 5.91 Å². The van der Waals surface area contributed by atoms with Crippen molar-refractivity contribution < 1.29 is 19.5 Å². The van der Waals surface area contributed by atoms with Crippen LogP contribution in [-0.4, -0.2) is 40.3 Å². The highest BCUT2D eigenvalue weighted by molar-refractivity contribution is 6.39. The van der Waals surface area contributed by atoms with E-state index in [1.165, 1.54) is 0 Å². The van der Waals surface area contributed by atoms with Gasteiger partial charge in [0.05, 0.1) is 6.42 Å². The number of aromatic hydroxyl groups is 1. The number of piperidine rings is 1. The number of likely N-dealkylation sites (tertiary alicyclic amines) is 1. The maximum Gasteiger partial charge on any atom is 0.313 e. The first-order valence-corrected chi connectivity index (χ1v) is 9.82. The fourth-order valence-electron chi connectivity index (χ4n) is 4.01. The molecule has 1 fully saturated rings. The fraction of sp³-hybridized carbons (Fsp3) is 0.318. The van der Waals surface area contributed by atoms with E-state index in [0.717, 1.165) is 36.1 Å². The number of phenols is 1. The highest BCUT2D eigenvalue weighted by Crippen LogP contribution is 2.26. The number of hydrogen-bond donors (Lipinski definition) is 3. The van der Waals surface area contributed by atoms with E-state index in [1.54, 1.807) is 35.2 Å². The maximum absolute atomic E-state index is 12.9. The van der Waals surface area contributed by atoms with Crippen LogP contribution in [0.5, 0.6) is 5.75 Å². The van der Waals surface area contributed by atoms with Crippen molar-refractivity contribution >= 4 is 29.1 Å². The van der Waals surface area contributed by atoms with Crippen molar-refractivity contribution in [2.45, 2.75) is 38.1 Å². The Morgan fingerprint density at radius 2 is 1.93 bits per heavy atom. The van der Waals surface area contributed by atoms with E-state index in [0.29, 0.717) is 18.7 Å². The topological polar surface area (TPSA) is 98.7 Å². The monoisotopic (exact) mass is 393 g/mol. The summed E-state index contributed by atoms with van der Waals surface area (Å²) in [7, 11) is 0. The highest BCUT2D eigenvalue weighted by Gasteiger charge is 2.31. The van der Waals surface area contributed by atoms with Crippen LogP contribution in [0.2, 0.25) is 0 Å². The van der Waals surface area contributed by atoms with E-state index in [-0.39, 0.29) is 24.1 Å². The first kappa shape index (κ1) is 19.0. The zero-order chi connectivity index (χ0) is 20.4. The van der Waals surface area contributed by atoms with Gasteiger partial charge in [0.15, 0.2) is 0 Å². The normalized spacial score (nSPS) is 18.1. The van der Waals surface area contributed by atoms with Crippen molar-refractivity contribution in [3.05, 3.63) is 53.6 Å². The second-order valence-corrected chi connectivity index (χ2v) is 7.57. The highest BCUT2D eigenvalue weighted by atomic mass is 16.3. The van der Waals surface area contributed by atoms with Crippen molar-refractivity contribution in [1.82, 2.24) is 4.90 Å². The summed E-state index contributed by atoms with van der Waals surface area (Å²) in [6, 6.07) is 12.0. The number of nitrogens with one attached hydrogen (secondary N) is 2. The number of carbonyl (C=O) groups is 3. The Bertz CT molecular complexity index is 955. The molecule has 29 heavy (non-hydrogen) atoms. The fourth-order valence-corrected chi connectivity index (χ4v) is 4.01. The van der Waals surface area contributed by atoms with Gasteiger partial charge in [0.25, 0.3) is 0 Å². The molecule has 0 spiro atoms. The third-order valence-electron chi connectivity index (χ3n) is 5.48. The Morgan fingerprint density at radius 3 is 2.72 bits per heavy atom. The molecule has 2 aliphatic rings. The molecular formula is C22H23N3O4. The van der Waals surface area contributed by atoms with Gasteiger partial charge in [-0.2, -0.15) is 0 Å². The van der Waals surface area contributed by atoms with Gasteiger partial charge in [-0.1, -0.05) is 12.1 Å². The molecule has 2 aromatic carbocycles. The summed E-state index contributed by atoms with van der Waals surface area (Å²) in [5, 5.41) is 14.9. The molecule has 3 N–H and O–H groups in total. The van der Waals surface area contributed by atoms with Crippen LogP contribution in [0.1, 0.15) is 30.4 Å². The number of amides is 3. The standard InChI is InChI=1S/C22H23N3O4/c26-18-7-4-14(5-8-18)11-17-3-1-2-10-25(17)22(29)21(28)23-16-6-9-19-15(12-16)13-20(27)24-19/h4-9,12,17,26H,1-3,10-11,13H2,(H,23,28)(H,24,27). The van der Waals surface area contributed by atoms with Crippen LogP contribution in [0.25, 0.3) is 0 Å². The average molecular weight is 393 g/mol. The van der Waals surface area contributed by atoms with Gasteiger partial charge in [-0.15, -0.1) is 0 Å². The van der Waals surface area contributed by atoms with E-state index in [1.807, 2.05) is 12.1 Å². The number of rotatable bonds is 3. The van der Waals surface area contributed by atoms with Crippen molar-refractivity contribution in [3.63, 3.8) is 0 Å². The molecule has 7 heteroatoms. The number of nitrogens with zero attached hydrogens (tertiary/aromatic N) is 1. The molecule has 7 nitrogen and oxygen atoms in total. The quantitative estimate of drug-likeness (QED) is 0.698. The summed E-state index contributed by atoms with van der Waals surface area (Å²) < 4.78 is 0. The molecule has 150 valence electrons. The lowest BCUT2D eigenvalue weighted by atomic mass is 9.95. The molecule has 2 heterocycles. The number of anilines is 2. The summed E-state index contributed by atoms with van der Waals surface area (Å²) >= 11 is 0. The van der Waals surface area contributed by atoms with Crippen LogP contribution >= 0.6 is 0 Å². The molecule has 1 unspecified atom stereocenters. The summed E-state index contributed by atoms with van der Waals surface area (Å²) in [5.74, 6) is -1.08. The summed E-state index contributed by atoms with van der Waals surface area (Å²) in [6.45, 7) is 0.553. The van der Waals surface area contributed by atoms with Crippen molar-refractivity contribution in [2.75, 3.05) is 17.2 Å². The molecular weight excluding hydrogens is 370 g/mol. The Morgan fingerprint density at radius 1 is 1.14 bits per heavy atom. The van der Waals surface area contributed by atoms with E-state index in [9.17, 15) is 19.5 Å². The number of carbonyl (C=O) groups excluding carboxylic acids is 3. The first-order chi connectivity index (χ1) is 14.0. The second-order valence-electron chi connectivity index (χ2n) is 7.57. The van der Waals surface area contributed by atoms with Gasteiger partial charge < -0.3 is 20.6 Å². The van der Waals surface area contributed by atoms with Crippen LogP contribution in [0.3, 0.4) is 0 Å². The number of fused-ring (bicyclic) bond motifs is 1. The van der Waals surface area contributed by atoms with Gasteiger partial charge in [-0.05, 0) is 67.1 Å². The Hall–Kier alpha value is -3.35. The lowest BCUT2D eigenvalue weighted by Gasteiger charge is -2.35. The molecule has 4 rings (SSSR count). The van der Waals surface area contributed by atoms with Crippen molar-refractivity contribution in [1.29, 1.82) is 0 Å². The van der Waals surface area contributed by atoms with Crippen molar-refractivity contribution in [2.24, 2.45) is 0 Å². The molecule has 3 amide bonds. The molecule has 0 aliphatic carbocycles.